The van der Waals surface area contributed by atoms with Crippen LogP contribution in [0, 0.1) is 5.92 Å². The Kier molecular flexibility index (Phi) is 4.80. The summed E-state index contributed by atoms with van der Waals surface area (Å²) in [6.45, 7) is 4.62. The monoisotopic (exact) mass is 311 g/mol. The number of carbonyl (C=O) groups is 1. The van der Waals surface area contributed by atoms with Crippen molar-refractivity contribution in [3.8, 4) is 0 Å². The number of amides is 1. The summed E-state index contributed by atoms with van der Waals surface area (Å²) in [5.74, 6) is 1.38. The maximum absolute atomic E-state index is 12.3. The van der Waals surface area contributed by atoms with Gasteiger partial charge in [0.05, 0.1) is 12.2 Å². The van der Waals surface area contributed by atoms with E-state index in [2.05, 4.69) is 32.1 Å². The second kappa shape index (κ2) is 7.17. The summed E-state index contributed by atoms with van der Waals surface area (Å²) in [6.07, 6.45) is 5.49. The molecule has 0 aliphatic carbocycles. The molecular formula is C17H21N5O. The molecule has 0 saturated carbocycles. The van der Waals surface area contributed by atoms with E-state index in [4.69, 9.17) is 0 Å². The van der Waals surface area contributed by atoms with Crippen LogP contribution >= 0.6 is 0 Å². The molecular weight excluding hydrogens is 290 g/mol. The van der Waals surface area contributed by atoms with E-state index in [9.17, 15) is 4.79 Å². The summed E-state index contributed by atoms with van der Waals surface area (Å²) in [4.78, 5) is 27.1. The lowest BCUT2D eigenvalue weighted by Gasteiger charge is -2.31. The van der Waals surface area contributed by atoms with Gasteiger partial charge in [-0.15, -0.1) is 0 Å². The predicted molar refractivity (Wildman–Crippen MR) is 88.1 cm³/mol. The molecule has 1 N–H and O–H groups in total. The lowest BCUT2D eigenvalue weighted by atomic mass is 9.99. The minimum atomic E-state index is -0.204. The van der Waals surface area contributed by atoms with Crippen molar-refractivity contribution in [3.05, 3.63) is 48.2 Å². The van der Waals surface area contributed by atoms with Crippen molar-refractivity contribution in [2.45, 2.75) is 26.3 Å². The summed E-state index contributed by atoms with van der Waals surface area (Å²) in [5, 5.41) is 2.84. The van der Waals surface area contributed by atoms with E-state index in [1.807, 2.05) is 18.2 Å². The van der Waals surface area contributed by atoms with Crippen molar-refractivity contribution < 1.29 is 4.79 Å². The minimum absolute atomic E-state index is 0.204. The molecule has 6 heteroatoms. The van der Waals surface area contributed by atoms with Crippen LogP contribution < -0.4 is 10.2 Å². The summed E-state index contributed by atoms with van der Waals surface area (Å²) in [5.41, 5.74) is 1.21. The fraction of sp³-hybridized carbons (Fsp3) is 0.412. The van der Waals surface area contributed by atoms with Gasteiger partial charge in [0.25, 0.3) is 5.91 Å². The Hall–Kier alpha value is -2.50. The van der Waals surface area contributed by atoms with Crippen LogP contribution in [0.2, 0.25) is 0 Å². The van der Waals surface area contributed by atoms with Gasteiger partial charge in [-0.25, -0.2) is 9.97 Å². The van der Waals surface area contributed by atoms with Crippen molar-refractivity contribution in [2.24, 2.45) is 5.92 Å². The molecule has 1 amide bonds. The van der Waals surface area contributed by atoms with E-state index in [0.29, 0.717) is 12.2 Å². The maximum atomic E-state index is 12.3. The van der Waals surface area contributed by atoms with Gasteiger partial charge < -0.3 is 10.2 Å². The zero-order valence-corrected chi connectivity index (χ0v) is 13.3. The van der Waals surface area contributed by atoms with Gasteiger partial charge in [-0.1, -0.05) is 13.0 Å². The van der Waals surface area contributed by atoms with Crippen molar-refractivity contribution in [1.82, 2.24) is 20.3 Å². The third-order valence-corrected chi connectivity index (χ3v) is 4.15. The highest BCUT2D eigenvalue weighted by Crippen LogP contribution is 2.21. The SMILES string of the molecule is CC1CCN(c2cc(C(=O)NCc3ccccn3)ncn2)CC1. The number of hydrogen-bond acceptors (Lipinski definition) is 5. The zero-order valence-electron chi connectivity index (χ0n) is 13.3. The maximum Gasteiger partial charge on any atom is 0.270 e. The molecule has 0 unspecified atom stereocenters. The average Bonchev–Trinajstić information content (AvgIpc) is 2.61. The van der Waals surface area contributed by atoms with Crippen LogP contribution in [0.25, 0.3) is 0 Å². The number of aromatic nitrogens is 3. The molecule has 3 rings (SSSR count). The Morgan fingerprint density at radius 1 is 1.26 bits per heavy atom. The van der Waals surface area contributed by atoms with Crippen LogP contribution in [-0.2, 0) is 6.54 Å². The Morgan fingerprint density at radius 3 is 2.83 bits per heavy atom. The first-order valence-corrected chi connectivity index (χ1v) is 7.97. The molecule has 1 fully saturated rings. The molecule has 0 atom stereocenters. The smallest absolute Gasteiger partial charge is 0.270 e. The first-order valence-electron chi connectivity index (χ1n) is 7.97. The zero-order chi connectivity index (χ0) is 16.1. The summed E-state index contributed by atoms with van der Waals surface area (Å²) in [7, 11) is 0. The van der Waals surface area contributed by atoms with Gasteiger partial charge in [-0.05, 0) is 30.9 Å². The lowest BCUT2D eigenvalue weighted by Crippen LogP contribution is -2.34. The lowest BCUT2D eigenvalue weighted by molar-refractivity contribution is 0.0945. The Labute approximate surface area is 136 Å². The predicted octanol–water partition coefficient (Wildman–Crippen LogP) is 2.04. The molecule has 2 aromatic heterocycles. The van der Waals surface area contributed by atoms with Crippen LogP contribution in [0.3, 0.4) is 0 Å². The first-order chi connectivity index (χ1) is 11.2. The standard InChI is InChI=1S/C17H21N5O/c1-13-5-8-22(9-6-13)16-10-15(20-12-21-16)17(23)19-11-14-4-2-3-7-18-14/h2-4,7,10,12-13H,5-6,8-9,11H2,1H3,(H,19,23). The van der Waals surface area contributed by atoms with Gasteiger partial charge in [-0.3, -0.25) is 9.78 Å². The average molecular weight is 311 g/mol. The van der Waals surface area contributed by atoms with Crippen LogP contribution in [0.1, 0.15) is 35.9 Å². The topological polar surface area (TPSA) is 71.0 Å². The van der Waals surface area contributed by atoms with E-state index in [1.165, 1.54) is 6.33 Å². The number of nitrogens with one attached hydrogen (secondary N) is 1. The van der Waals surface area contributed by atoms with Gasteiger partial charge in [0.2, 0.25) is 0 Å². The highest BCUT2D eigenvalue weighted by atomic mass is 16.1. The van der Waals surface area contributed by atoms with Gasteiger partial charge in [0.15, 0.2) is 0 Å². The quantitative estimate of drug-likeness (QED) is 0.935. The van der Waals surface area contributed by atoms with Crippen LogP contribution in [0.15, 0.2) is 36.8 Å². The minimum Gasteiger partial charge on any atom is -0.356 e. The molecule has 6 nitrogen and oxygen atoms in total. The second-order valence-electron chi connectivity index (χ2n) is 5.93. The molecule has 1 aliphatic rings. The van der Waals surface area contributed by atoms with Gasteiger partial charge in [0, 0.05) is 25.4 Å². The summed E-state index contributed by atoms with van der Waals surface area (Å²) >= 11 is 0. The first kappa shape index (κ1) is 15.4. The number of carbonyl (C=O) groups excluding carboxylic acids is 1. The number of piperidine rings is 1. The van der Waals surface area contributed by atoms with E-state index in [-0.39, 0.29) is 5.91 Å². The fourth-order valence-electron chi connectivity index (χ4n) is 2.65. The molecule has 0 aromatic carbocycles. The normalized spacial score (nSPS) is 15.4. The largest absolute Gasteiger partial charge is 0.356 e. The molecule has 2 aromatic rings. The number of nitrogens with zero attached hydrogens (tertiary/aromatic N) is 4. The van der Waals surface area contributed by atoms with Gasteiger partial charge in [-0.2, -0.15) is 0 Å². The summed E-state index contributed by atoms with van der Waals surface area (Å²) < 4.78 is 0. The fourth-order valence-corrected chi connectivity index (χ4v) is 2.65. The number of anilines is 1. The Morgan fingerprint density at radius 2 is 2.09 bits per heavy atom. The molecule has 120 valence electrons. The number of pyridine rings is 1. The molecule has 0 spiro atoms. The van der Waals surface area contributed by atoms with Crippen LogP contribution in [-0.4, -0.2) is 33.9 Å². The van der Waals surface area contributed by atoms with Crippen molar-refractivity contribution in [1.29, 1.82) is 0 Å². The Balaban J connectivity index is 1.63. The van der Waals surface area contributed by atoms with Gasteiger partial charge >= 0.3 is 0 Å². The van der Waals surface area contributed by atoms with Crippen molar-refractivity contribution >= 4 is 11.7 Å². The number of rotatable bonds is 4. The van der Waals surface area contributed by atoms with Crippen molar-refractivity contribution in [2.75, 3.05) is 18.0 Å². The molecule has 0 bridgehead atoms. The third-order valence-electron chi connectivity index (χ3n) is 4.15. The highest BCUT2D eigenvalue weighted by Gasteiger charge is 2.18. The van der Waals surface area contributed by atoms with Gasteiger partial charge in [0.1, 0.15) is 17.8 Å². The molecule has 1 aliphatic heterocycles. The highest BCUT2D eigenvalue weighted by molar-refractivity contribution is 5.92. The van der Waals surface area contributed by atoms with E-state index in [0.717, 1.165) is 43.4 Å². The molecule has 3 heterocycles. The Bertz CT molecular complexity index is 653. The number of hydrogen-bond donors (Lipinski definition) is 1. The third kappa shape index (κ3) is 4.03. The molecule has 0 radical (unpaired) electrons. The van der Waals surface area contributed by atoms with E-state index < -0.39 is 0 Å². The second-order valence-corrected chi connectivity index (χ2v) is 5.93. The van der Waals surface area contributed by atoms with Crippen LogP contribution in [0.5, 0.6) is 0 Å². The van der Waals surface area contributed by atoms with E-state index >= 15 is 0 Å². The summed E-state index contributed by atoms with van der Waals surface area (Å²) in [6, 6.07) is 7.39. The van der Waals surface area contributed by atoms with Crippen LogP contribution in [0.4, 0.5) is 5.82 Å². The molecule has 1 saturated heterocycles. The molecule has 23 heavy (non-hydrogen) atoms. The van der Waals surface area contributed by atoms with E-state index in [1.54, 1.807) is 12.3 Å². The van der Waals surface area contributed by atoms with Crippen molar-refractivity contribution in [3.63, 3.8) is 0 Å².